The SMILES string of the molecule is COc1ccsc1C(=O)NC(C)c1ccc(N)cc1. The molecule has 0 radical (unpaired) electrons. The van der Waals surface area contributed by atoms with Gasteiger partial charge in [0.05, 0.1) is 13.2 Å². The molecule has 19 heavy (non-hydrogen) atoms. The van der Waals surface area contributed by atoms with Gasteiger partial charge in [0.2, 0.25) is 0 Å². The second kappa shape index (κ2) is 5.75. The van der Waals surface area contributed by atoms with E-state index in [1.165, 1.54) is 11.3 Å². The van der Waals surface area contributed by atoms with E-state index in [4.69, 9.17) is 10.5 Å². The summed E-state index contributed by atoms with van der Waals surface area (Å²) in [6, 6.07) is 9.17. The van der Waals surface area contributed by atoms with E-state index in [1.807, 2.05) is 36.6 Å². The molecule has 0 saturated heterocycles. The number of carbonyl (C=O) groups excluding carboxylic acids is 1. The first-order valence-corrected chi connectivity index (χ1v) is 6.77. The zero-order valence-corrected chi connectivity index (χ0v) is 11.7. The molecule has 0 bridgehead atoms. The fourth-order valence-corrected chi connectivity index (χ4v) is 2.52. The number of hydrogen-bond acceptors (Lipinski definition) is 4. The number of rotatable bonds is 4. The highest BCUT2D eigenvalue weighted by molar-refractivity contribution is 7.12. The Kier molecular flexibility index (Phi) is 4.06. The van der Waals surface area contributed by atoms with E-state index in [1.54, 1.807) is 13.2 Å². The van der Waals surface area contributed by atoms with Crippen molar-refractivity contribution < 1.29 is 9.53 Å². The summed E-state index contributed by atoms with van der Waals surface area (Å²) in [5.41, 5.74) is 7.36. The van der Waals surface area contributed by atoms with Gasteiger partial charge in [0, 0.05) is 5.69 Å². The van der Waals surface area contributed by atoms with Crippen LogP contribution >= 0.6 is 11.3 Å². The second-order valence-corrected chi connectivity index (χ2v) is 5.10. The maximum atomic E-state index is 12.1. The molecule has 2 aromatic rings. The first kappa shape index (κ1) is 13.4. The molecule has 1 amide bonds. The molecule has 0 spiro atoms. The van der Waals surface area contributed by atoms with Crippen molar-refractivity contribution in [3.8, 4) is 5.75 Å². The van der Waals surface area contributed by atoms with E-state index >= 15 is 0 Å². The number of nitrogens with two attached hydrogens (primary N) is 1. The third kappa shape index (κ3) is 3.06. The highest BCUT2D eigenvalue weighted by Gasteiger charge is 2.16. The molecular formula is C14H16N2O2S. The number of thiophene rings is 1. The van der Waals surface area contributed by atoms with Crippen molar-refractivity contribution in [2.24, 2.45) is 0 Å². The number of nitrogens with one attached hydrogen (secondary N) is 1. The summed E-state index contributed by atoms with van der Waals surface area (Å²) < 4.78 is 5.14. The number of methoxy groups -OCH3 is 1. The maximum absolute atomic E-state index is 12.1. The van der Waals surface area contributed by atoms with Gasteiger partial charge in [0.15, 0.2) is 0 Å². The molecule has 0 aliphatic heterocycles. The van der Waals surface area contributed by atoms with Crippen molar-refractivity contribution in [2.75, 3.05) is 12.8 Å². The van der Waals surface area contributed by atoms with Gasteiger partial charge < -0.3 is 15.8 Å². The van der Waals surface area contributed by atoms with Gasteiger partial charge in [-0.3, -0.25) is 4.79 Å². The number of hydrogen-bond donors (Lipinski definition) is 2. The van der Waals surface area contributed by atoms with Gasteiger partial charge in [-0.15, -0.1) is 11.3 Å². The molecule has 0 aliphatic carbocycles. The van der Waals surface area contributed by atoms with Gasteiger partial charge >= 0.3 is 0 Å². The van der Waals surface area contributed by atoms with Crippen LogP contribution in [0.1, 0.15) is 28.2 Å². The first-order valence-electron chi connectivity index (χ1n) is 5.89. The number of ether oxygens (including phenoxy) is 1. The molecule has 2 rings (SSSR count). The molecule has 1 heterocycles. The lowest BCUT2D eigenvalue weighted by Gasteiger charge is -2.14. The van der Waals surface area contributed by atoms with Crippen LogP contribution in [0.4, 0.5) is 5.69 Å². The molecule has 1 aromatic heterocycles. The molecule has 0 fully saturated rings. The van der Waals surface area contributed by atoms with E-state index in [0.29, 0.717) is 16.3 Å². The Morgan fingerprint density at radius 2 is 2.00 bits per heavy atom. The Hall–Kier alpha value is -2.01. The van der Waals surface area contributed by atoms with E-state index in [-0.39, 0.29) is 11.9 Å². The predicted octanol–water partition coefficient (Wildman–Crippen LogP) is 2.83. The molecular weight excluding hydrogens is 260 g/mol. The van der Waals surface area contributed by atoms with Crippen molar-refractivity contribution in [1.29, 1.82) is 0 Å². The van der Waals surface area contributed by atoms with Crippen molar-refractivity contribution in [1.82, 2.24) is 5.32 Å². The predicted molar refractivity (Wildman–Crippen MR) is 77.6 cm³/mol. The highest BCUT2D eigenvalue weighted by Crippen LogP contribution is 2.25. The van der Waals surface area contributed by atoms with Crippen LogP contribution < -0.4 is 15.8 Å². The van der Waals surface area contributed by atoms with E-state index < -0.39 is 0 Å². The first-order chi connectivity index (χ1) is 9.11. The average molecular weight is 276 g/mol. The molecule has 0 aliphatic rings. The Morgan fingerprint density at radius 1 is 1.32 bits per heavy atom. The van der Waals surface area contributed by atoms with Crippen LogP contribution in [0.5, 0.6) is 5.75 Å². The van der Waals surface area contributed by atoms with Crippen molar-refractivity contribution in [3.63, 3.8) is 0 Å². The van der Waals surface area contributed by atoms with Crippen molar-refractivity contribution in [3.05, 3.63) is 46.2 Å². The standard InChI is InChI=1S/C14H16N2O2S/c1-9(10-3-5-11(15)6-4-10)16-14(17)13-12(18-2)7-8-19-13/h3-9H,15H2,1-2H3,(H,16,17). The number of anilines is 1. The van der Waals surface area contributed by atoms with Crippen LogP contribution in [0.3, 0.4) is 0 Å². The number of benzene rings is 1. The van der Waals surface area contributed by atoms with Gasteiger partial charge in [0.25, 0.3) is 5.91 Å². The quantitative estimate of drug-likeness (QED) is 0.844. The minimum atomic E-state index is -0.129. The van der Waals surface area contributed by atoms with E-state index in [2.05, 4.69) is 5.32 Å². The number of amides is 1. The topological polar surface area (TPSA) is 64.3 Å². The lowest BCUT2D eigenvalue weighted by atomic mass is 10.1. The minimum Gasteiger partial charge on any atom is -0.495 e. The lowest BCUT2D eigenvalue weighted by molar-refractivity contribution is 0.0941. The summed E-state index contributed by atoms with van der Waals surface area (Å²) >= 11 is 1.36. The summed E-state index contributed by atoms with van der Waals surface area (Å²) in [4.78, 5) is 12.7. The Balaban J connectivity index is 2.08. The van der Waals surface area contributed by atoms with Gasteiger partial charge in [-0.2, -0.15) is 0 Å². The zero-order chi connectivity index (χ0) is 13.8. The monoisotopic (exact) mass is 276 g/mol. The van der Waals surface area contributed by atoms with Crippen LogP contribution in [0.2, 0.25) is 0 Å². The molecule has 0 saturated carbocycles. The Bertz CT molecular complexity index is 563. The van der Waals surface area contributed by atoms with Crippen LogP contribution in [0.25, 0.3) is 0 Å². The summed E-state index contributed by atoms with van der Waals surface area (Å²) in [5.74, 6) is 0.475. The lowest BCUT2D eigenvalue weighted by Crippen LogP contribution is -2.26. The molecule has 1 atom stereocenters. The Labute approximate surface area is 116 Å². The number of nitrogen functional groups attached to an aromatic ring is 1. The largest absolute Gasteiger partial charge is 0.495 e. The summed E-state index contributed by atoms with van der Waals surface area (Å²) in [6.45, 7) is 1.93. The number of carbonyl (C=O) groups is 1. The van der Waals surface area contributed by atoms with Crippen LogP contribution in [0, 0.1) is 0 Å². The summed E-state index contributed by atoms with van der Waals surface area (Å²) in [7, 11) is 1.56. The van der Waals surface area contributed by atoms with Crippen molar-refractivity contribution in [2.45, 2.75) is 13.0 Å². The normalized spacial score (nSPS) is 11.9. The molecule has 5 heteroatoms. The third-order valence-electron chi connectivity index (χ3n) is 2.84. The second-order valence-electron chi connectivity index (χ2n) is 4.18. The van der Waals surface area contributed by atoms with Crippen LogP contribution in [-0.2, 0) is 0 Å². The molecule has 3 N–H and O–H groups in total. The Morgan fingerprint density at radius 3 is 2.63 bits per heavy atom. The minimum absolute atomic E-state index is 0.0834. The van der Waals surface area contributed by atoms with Gasteiger partial charge in [-0.05, 0) is 36.1 Å². The molecule has 100 valence electrons. The van der Waals surface area contributed by atoms with Gasteiger partial charge in [-0.25, -0.2) is 0 Å². The highest BCUT2D eigenvalue weighted by atomic mass is 32.1. The van der Waals surface area contributed by atoms with Crippen LogP contribution in [0.15, 0.2) is 35.7 Å². The average Bonchev–Trinajstić information content (AvgIpc) is 2.87. The van der Waals surface area contributed by atoms with E-state index in [0.717, 1.165) is 5.56 Å². The van der Waals surface area contributed by atoms with Gasteiger partial charge in [0.1, 0.15) is 10.6 Å². The molecule has 1 unspecified atom stereocenters. The van der Waals surface area contributed by atoms with Gasteiger partial charge in [-0.1, -0.05) is 12.1 Å². The molecule has 4 nitrogen and oxygen atoms in total. The third-order valence-corrected chi connectivity index (χ3v) is 3.73. The maximum Gasteiger partial charge on any atom is 0.265 e. The smallest absolute Gasteiger partial charge is 0.265 e. The zero-order valence-electron chi connectivity index (χ0n) is 10.8. The summed E-state index contributed by atoms with van der Waals surface area (Å²) in [5, 5.41) is 4.78. The van der Waals surface area contributed by atoms with E-state index in [9.17, 15) is 4.79 Å². The fourth-order valence-electron chi connectivity index (χ4n) is 1.75. The van der Waals surface area contributed by atoms with Crippen LogP contribution in [-0.4, -0.2) is 13.0 Å². The summed E-state index contributed by atoms with van der Waals surface area (Å²) in [6.07, 6.45) is 0. The van der Waals surface area contributed by atoms with Crippen molar-refractivity contribution >= 4 is 22.9 Å². The molecule has 1 aromatic carbocycles. The fraction of sp³-hybridized carbons (Fsp3) is 0.214.